The number of carbonyl (C=O) groups excluding carboxylic acids is 5. The molecule has 15 nitrogen and oxygen atoms in total. The molecule has 12 N–H and O–H groups in total. The van der Waals surface area contributed by atoms with Gasteiger partial charge >= 0.3 is 5.97 Å². The van der Waals surface area contributed by atoms with Gasteiger partial charge in [0.05, 0.1) is 19.2 Å². The normalized spacial score (nSPS) is 14.1. The monoisotopic (exact) mass is 489 g/mol. The molecule has 194 valence electrons. The number of amides is 5. The number of aliphatic hydroxyl groups is 1. The second-order valence-corrected chi connectivity index (χ2v) is 7.56. The number of rotatable bonds is 17. The molecular formula is C19H35N7O8. The third kappa shape index (κ3) is 12.7. The summed E-state index contributed by atoms with van der Waals surface area (Å²) in [4.78, 5) is 71.1. The Bertz CT molecular complexity index is 731. The number of hydrogen-bond acceptors (Lipinski definition) is 9. The van der Waals surface area contributed by atoms with Gasteiger partial charge in [0, 0.05) is 6.42 Å². The number of unbranched alkanes of at least 4 members (excludes halogenated alkanes) is 1. The Balaban J connectivity index is 5.06. The van der Waals surface area contributed by atoms with Crippen molar-refractivity contribution in [1.29, 1.82) is 0 Å². The fraction of sp³-hybridized carbons (Fsp3) is 0.684. The van der Waals surface area contributed by atoms with E-state index in [4.69, 9.17) is 17.2 Å². The van der Waals surface area contributed by atoms with Crippen LogP contribution in [0.15, 0.2) is 0 Å². The molecule has 34 heavy (non-hydrogen) atoms. The second-order valence-electron chi connectivity index (χ2n) is 7.56. The van der Waals surface area contributed by atoms with E-state index in [1.807, 2.05) is 0 Å². The number of carbonyl (C=O) groups is 6. The van der Waals surface area contributed by atoms with Crippen LogP contribution in [0.5, 0.6) is 0 Å². The molecule has 0 bridgehead atoms. The number of nitrogens with two attached hydrogens (primary N) is 3. The van der Waals surface area contributed by atoms with Crippen LogP contribution in [0.4, 0.5) is 0 Å². The molecule has 0 aromatic rings. The third-order valence-electron chi connectivity index (χ3n) is 4.54. The van der Waals surface area contributed by atoms with E-state index in [2.05, 4.69) is 21.3 Å². The third-order valence-corrected chi connectivity index (χ3v) is 4.54. The summed E-state index contributed by atoms with van der Waals surface area (Å²) < 4.78 is 0. The first-order chi connectivity index (χ1) is 15.9. The molecule has 5 amide bonds. The highest BCUT2D eigenvalue weighted by atomic mass is 16.4. The summed E-state index contributed by atoms with van der Waals surface area (Å²) in [5.74, 6) is -5.30. The van der Waals surface area contributed by atoms with E-state index in [0.717, 1.165) is 0 Å². The van der Waals surface area contributed by atoms with Crippen LogP contribution >= 0.6 is 0 Å². The van der Waals surface area contributed by atoms with E-state index in [-0.39, 0.29) is 19.3 Å². The van der Waals surface area contributed by atoms with Gasteiger partial charge in [0.2, 0.25) is 29.5 Å². The summed E-state index contributed by atoms with van der Waals surface area (Å²) in [5, 5.41) is 27.6. The van der Waals surface area contributed by atoms with E-state index in [9.17, 15) is 39.0 Å². The standard InChI is InChI=1S/C19H35N7O8/c1-10(21)16(30)26-13(9-27)18(32)25-11(5-6-14(22)28)17(31)23-8-15(29)24-12(19(33)34)4-2-3-7-20/h10-13,27H,2-9,20-21H2,1H3,(H2,22,28)(H,23,31)(H,24,29)(H,25,32)(H,26,30)(H,33,34)/t10-,11+,12+,13+/m1/s1. The molecule has 0 aliphatic carbocycles. The van der Waals surface area contributed by atoms with Crippen molar-refractivity contribution in [3.05, 3.63) is 0 Å². The molecule has 0 unspecified atom stereocenters. The quantitative estimate of drug-likeness (QED) is 0.0881. The number of nitrogens with one attached hydrogen (secondary N) is 4. The maximum Gasteiger partial charge on any atom is 0.326 e. The summed E-state index contributed by atoms with van der Waals surface area (Å²) in [6, 6.07) is -4.89. The van der Waals surface area contributed by atoms with Crippen LogP contribution < -0.4 is 38.5 Å². The minimum atomic E-state index is -1.42. The van der Waals surface area contributed by atoms with Crippen LogP contribution in [0.25, 0.3) is 0 Å². The molecule has 0 saturated heterocycles. The fourth-order valence-electron chi connectivity index (χ4n) is 2.61. The van der Waals surface area contributed by atoms with Gasteiger partial charge in [-0.15, -0.1) is 0 Å². The Morgan fingerprint density at radius 3 is 1.97 bits per heavy atom. The van der Waals surface area contributed by atoms with Gasteiger partial charge in [-0.05, 0) is 39.2 Å². The first-order valence-corrected chi connectivity index (χ1v) is 10.7. The van der Waals surface area contributed by atoms with E-state index < -0.39 is 72.8 Å². The maximum atomic E-state index is 12.5. The Kier molecular flexibility index (Phi) is 14.7. The number of aliphatic carboxylic acids is 1. The SMILES string of the molecule is C[C@@H](N)C(=O)N[C@@H](CO)C(=O)N[C@@H](CCC(N)=O)C(=O)NCC(=O)N[C@@H](CCCCN)C(=O)O. The van der Waals surface area contributed by atoms with Gasteiger partial charge in [-0.1, -0.05) is 0 Å². The van der Waals surface area contributed by atoms with Crippen LogP contribution in [0, 0.1) is 0 Å². The highest BCUT2D eigenvalue weighted by molar-refractivity contribution is 5.94. The van der Waals surface area contributed by atoms with Crippen molar-refractivity contribution in [3.8, 4) is 0 Å². The van der Waals surface area contributed by atoms with Gasteiger partial charge in [0.1, 0.15) is 18.1 Å². The maximum absolute atomic E-state index is 12.5. The van der Waals surface area contributed by atoms with E-state index in [0.29, 0.717) is 19.4 Å². The highest BCUT2D eigenvalue weighted by Crippen LogP contribution is 2.02. The zero-order chi connectivity index (χ0) is 26.3. The summed E-state index contributed by atoms with van der Waals surface area (Å²) in [6.45, 7) is 0.342. The van der Waals surface area contributed by atoms with Gasteiger partial charge in [0.25, 0.3) is 0 Å². The Morgan fingerprint density at radius 1 is 0.853 bits per heavy atom. The molecule has 0 saturated carbocycles. The Morgan fingerprint density at radius 2 is 1.47 bits per heavy atom. The average molecular weight is 490 g/mol. The lowest BCUT2D eigenvalue weighted by atomic mass is 10.1. The van der Waals surface area contributed by atoms with Crippen molar-refractivity contribution in [2.24, 2.45) is 17.2 Å². The lowest BCUT2D eigenvalue weighted by Crippen LogP contribution is -2.57. The topological polar surface area (TPSA) is 269 Å². The minimum absolute atomic E-state index is 0.152. The molecule has 0 heterocycles. The van der Waals surface area contributed by atoms with Crippen LogP contribution in [-0.2, 0) is 28.8 Å². The molecular weight excluding hydrogens is 454 g/mol. The number of hydrogen-bond donors (Lipinski definition) is 9. The summed E-state index contributed by atoms with van der Waals surface area (Å²) in [7, 11) is 0. The molecule has 0 radical (unpaired) electrons. The summed E-state index contributed by atoms with van der Waals surface area (Å²) in [5.41, 5.74) is 15.9. The average Bonchev–Trinajstić information content (AvgIpc) is 2.77. The van der Waals surface area contributed by atoms with Gasteiger partial charge < -0.3 is 48.7 Å². The van der Waals surface area contributed by atoms with Crippen molar-refractivity contribution in [2.75, 3.05) is 19.7 Å². The first-order valence-electron chi connectivity index (χ1n) is 10.7. The summed E-state index contributed by atoms with van der Waals surface area (Å²) in [6.07, 6.45) is 0.691. The number of primary amides is 1. The van der Waals surface area contributed by atoms with Crippen molar-refractivity contribution in [2.45, 2.75) is 63.2 Å². The van der Waals surface area contributed by atoms with Gasteiger partial charge in [-0.3, -0.25) is 24.0 Å². The van der Waals surface area contributed by atoms with Crippen LogP contribution in [0.3, 0.4) is 0 Å². The molecule has 0 aliphatic rings. The van der Waals surface area contributed by atoms with Crippen molar-refractivity contribution in [3.63, 3.8) is 0 Å². The molecule has 0 aromatic heterocycles. The minimum Gasteiger partial charge on any atom is -0.480 e. The highest BCUT2D eigenvalue weighted by Gasteiger charge is 2.28. The fourth-order valence-corrected chi connectivity index (χ4v) is 2.61. The van der Waals surface area contributed by atoms with Crippen molar-refractivity contribution in [1.82, 2.24) is 21.3 Å². The number of aliphatic hydroxyl groups excluding tert-OH is 1. The first kappa shape index (κ1) is 30.7. The lowest BCUT2D eigenvalue weighted by molar-refractivity contribution is -0.142. The van der Waals surface area contributed by atoms with E-state index >= 15 is 0 Å². The lowest BCUT2D eigenvalue weighted by Gasteiger charge is -2.22. The zero-order valence-electron chi connectivity index (χ0n) is 19.0. The largest absolute Gasteiger partial charge is 0.480 e. The number of carboxylic acid groups (broad SMARTS) is 1. The predicted molar refractivity (Wildman–Crippen MR) is 119 cm³/mol. The van der Waals surface area contributed by atoms with Gasteiger partial charge in [0.15, 0.2) is 0 Å². The zero-order valence-corrected chi connectivity index (χ0v) is 19.0. The molecule has 15 heteroatoms. The van der Waals surface area contributed by atoms with Gasteiger partial charge in [-0.2, -0.15) is 0 Å². The van der Waals surface area contributed by atoms with Crippen LogP contribution in [0.2, 0.25) is 0 Å². The van der Waals surface area contributed by atoms with E-state index in [1.165, 1.54) is 6.92 Å². The summed E-state index contributed by atoms with van der Waals surface area (Å²) >= 11 is 0. The molecule has 0 spiro atoms. The number of carboxylic acids is 1. The van der Waals surface area contributed by atoms with E-state index in [1.54, 1.807) is 0 Å². The molecule has 0 fully saturated rings. The Labute approximate surface area is 196 Å². The molecule has 0 aliphatic heterocycles. The predicted octanol–water partition coefficient (Wildman–Crippen LogP) is -4.62. The smallest absolute Gasteiger partial charge is 0.326 e. The van der Waals surface area contributed by atoms with Gasteiger partial charge in [-0.25, -0.2) is 4.79 Å². The van der Waals surface area contributed by atoms with Crippen LogP contribution in [-0.4, -0.2) is 89.6 Å². The molecule has 4 atom stereocenters. The molecule has 0 aromatic carbocycles. The second kappa shape index (κ2) is 16.3. The van der Waals surface area contributed by atoms with Crippen molar-refractivity contribution >= 4 is 35.5 Å². The van der Waals surface area contributed by atoms with Crippen LogP contribution in [0.1, 0.15) is 39.0 Å². The Hall–Kier alpha value is -3.30. The van der Waals surface area contributed by atoms with Crippen molar-refractivity contribution < 1.29 is 39.0 Å². The molecule has 0 rings (SSSR count).